The number of carbonyl (C=O) groups excluding carboxylic acids is 2. The number of hydrogen-bond donors (Lipinski definition) is 2. The maximum absolute atomic E-state index is 12.2. The zero-order valence-electron chi connectivity index (χ0n) is 13.7. The van der Waals surface area contributed by atoms with Gasteiger partial charge in [0.1, 0.15) is 0 Å². The van der Waals surface area contributed by atoms with Crippen molar-refractivity contribution in [3.8, 4) is 0 Å². The molecular weight excluding hydrogens is 302 g/mol. The summed E-state index contributed by atoms with van der Waals surface area (Å²) in [5.41, 5.74) is 3.00. The van der Waals surface area contributed by atoms with E-state index in [1.54, 1.807) is 12.4 Å². The summed E-state index contributed by atoms with van der Waals surface area (Å²) in [5.74, 6) is -0.591. The predicted octanol–water partition coefficient (Wildman–Crippen LogP) is 2.54. The van der Waals surface area contributed by atoms with Crippen molar-refractivity contribution in [2.24, 2.45) is 11.8 Å². The van der Waals surface area contributed by atoms with Crippen LogP contribution < -0.4 is 10.6 Å². The predicted molar refractivity (Wildman–Crippen MR) is 92.1 cm³/mol. The van der Waals surface area contributed by atoms with Gasteiger partial charge in [-0.05, 0) is 48.2 Å². The molecule has 3 rings (SSSR count). The third-order valence-corrected chi connectivity index (χ3v) is 4.31. The lowest BCUT2D eigenvalue weighted by molar-refractivity contribution is -0.125. The molecule has 0 saturated heterocycles. The minimum absolute atomic E-state index is 0.0618. The second-order valence-corrected chi connectivity index (χ2v) is 6.06. The highest BCUT2D eigenvalue weighted by atomic mass is 16.2. The van der Waals surface area contributed by atoms with Crippen LogP contribution >= 0.6 is 0 Å². The van der Waals surface area contributed by atoms with Crippen LogP contribution in [0.5, 0.6) is 0 Å². The average Bonchev–Trinajstić information content (AvgIpc) is 3.42. The molecule has 2 amide bonds. The second kappa shape index (κ2) is 7.25. The number of anilines is 1. The van der Waals surface area contributed by atoms with Crippen molar-refractivity contribution in [1.82, 2.24) is 10.3 Å². The first-order valence-corrected chi connectivity index (χ1v) is 8.23. The van der Waals surface area contributed by atoms with E-state index in [2.05, 4.69) is 22.5 Å². The highest BCUT2D eigenvalue weighted by Gasteiger charge is 2.47. The Kier molecular flexibility index (Phi) is 4.89. The first-order chi connectivity index (χ1) is 11.7. The van der Waals surface area contributed by atoms with E-state index in [-0.39, 0.29) is 23.7 Å². The second-order valence-electron chi connectivity index (χ2n) is 6.06. The van der Waals surface area contributed by atoms with E-state index in [4.69, 9.17) is 0 Å². The Morgan fingerprint density at radius 2 is 1.67 bits per heavy atom. The number of aryl methyl sites for hydroxylation is 1. The highest BCUT2D eigenvalue weighted by Crippen LogP contribution is 2.39. The SMILES string of the molecule is CCc1ccc(NC(=O)C2CC2C(=O)NCc2ccncc2)cc1. The van der Waals surface area contributed by atoms with Crippen molar-refractivity contribution in [3.05, 3.63) is 59.9 Å². The molecule has 1 fully saturated rings. The lowest BCUT2D eigenvalue weighted by atomic mass is 10.1. The van der Waals surface area contributed by atoms with Gasteiger partial charge in [0.15, 0.2) is 0 Å². The molecule has 1 aliphatic rings. The molecule has 2 atom stereocenters. The van der Waals surface area contributed by atoms with E-state index in [0.717, 1.165) is 17.7 Å². The number of carbonyl (C=O) groups is 2. The number of nitrogens with one attached hydrogen (secondary N) is 2. The van der Waals surface area contributed by atoms with Gasteiger partial charge in [-0.3, -0.25) is 14.6 Å². The third-order valence-electron chi connectivity index (χ3n) is 4.31. The molecule has 1 heterocycles. The first-order valence-electron chi connectivity index (χ1n) is 8.23. The summed E-state index contributed by atoms with van der Waals surface area (Å²) in [6, 6.07) is 11.5. The van der Waals surface area contributed by atoms with E-state index in [9.17, 15) is 9.59 Å². The van der Waals surface area contributed by atoms with Gasteiger partial charge in [-0.25, -0.2) is 0 Å². The van der Waals surface area contributed by atoms with Gasteiger partial charge in [0.05, 0.1) is 11.8 Å². The summed E-state index contributed by atoms with van der Waals surface area (Å²) < 4.78 is 0. The van der Waals surface area contributed by atoms with Gasteiger partial charge in [0.2, 0.25) is 11.8 Å². The van der Waals surface area contributed by atoms with Crippen LogP contribution in [0.3, 0.4) is 0 Å². The molecule has 1 saturated carbocycles. The zero-order chi connectivity index (χ0) is 16.9. The van der Waals surface area contributed by atoms with E-state index < -0.39 is 0 Å². The maximum Gasteiger partial charge on any atom is 0.228 e. The minimum atomic E-state index is -0.228. The van der Waals surface area contributed by atoms with E-state index in [1.807, 2.05) is 36.4 Å². The van der Waals surface area contributed by atoms with Crippen molar-refractivity contribution in [2.75, 3.05) is 5.32 Å². The molecule has 1 aromatic heterocycles. The number of pyridine rings is 1. The summed E-state index contributed by atoms with van der Waals surface area (Å²) in [5, 5.41) is 5.76. The van der Waals surface area contributed by atoms with E-state index in [0.29, 0.717) is 13.0 Å². The van der Waals surface area contributed by atoms with Gasteiger partial charge in [0.25, 0.3) is 0 Å². The largest absolute Gasteiger partial charge is 0.352 e. The molecule has 1 aliphatic carbocycles. The molecule has 1 aromatic carbocycles. The van der Waals surface area contributed by atoms with Crippen LogP contribution in [0.25, 0.3) is 0 Å². The Bertz CT molecular complexity index is 713. The number of benzene rings is 1. The highest BCUT2D eigenvalue weighted by molar-refractivity contribution is 5.99. The van der Waals surface area contributed by atoms with Crippen molar-refractivity contribution < 1.29 is 9.59 Å². The van der Waals surface area contributed by atoms with Crippen LogP contribution in [0.1, 0.15) is 24.5 Å². The number of rotatable bonds is 6. The quantitative estimate of drug-likeness (QED) is 0.858. The van der Waals surface area contributed by atoms with Crippen LogP contribution in [-0.2, 0) is 22.6 Å². The molecule has 0 spiro atoms. The fourth-order valence-corrected chi connectivity index (χ4v) is 2.65. The third kappa shape index (κ3) is 3.98. The molecule has 0 aliphatic heterocycles. The Morgan fingerprint density at radius 1 is 1.00 bits per heavy atom. The molecule has 2 N–H and O–H groups in total. The van der Waals surface area contributed by atoms with Crippen LogP contribution in [0.4, 0.5) is 5.69 Å². The monoisotopic (exact) mass is 323 g/mol. The fraction of sp³-hybridized carbons (Fsp3) is 0.316. The van der Waals surface area contributed by atoms with Gasteiger partial charge >= 0.3 is 0 Å². The van der Waals surface area contributed by atoms with Crippen LogP contribution in [0.15, 0.2) is 48.8 Å². The Balaban J connectivity index is 1.47. The molecular formula is C19H21N3O2. The lowest BCUT2D eigenvalue weighted by Gasteiger charge is -2.07. The van der Waals surface area contributed by atoms with E-state index >= 15 is 0 Å². The number of hydrogen-bond acceptors (Lipinski definition) is 3. The summed E-state index contributed by atoms with van der Waals surface area (Å²) >= 11 is 0. The summed E-state index contributed by atoms with van der Waals surface area (Å²) in [6.07, 6.45) is 4.97. The molecule has 2 aromatic rings. The van der Waals surface area contributed by atoms with Gasteiger partial charge < -0.3 is 10.6 Å². The molecule has 24 heavy (non-hydrogen) atoms. The van der Waals surface area contributed by atoms with Crippen LogP contribution in [-0.4, -0.2) is 16.8 Å². The normalized spacial score (nSPS) is 18.7. The van der Waals surface area contributed by atoms with Crippen molar-refractivity contribution in [3.63, 3.8) is 0 Å². The topological polar surface area (TPSA) is 71.1 Å². The van der Waals surface area contributed by atoms with Gasteiger partial charge in [-0.1, -0.05) is 19.1 Å². The molecule has 0 bridgehead atoms. The Morgan fingerprint density at radius 3 is 2.33 bits per heavy atom. The van der Waals surface area contributed by atoms with Crippen LogP contribution in [0, 0.1) is 11.8 Å². The molecule has 2 unspecified atom stereocenters. The smallest absolute Gasteiger partial charge is 0.228 e. The van der Waals surface area contributed by atoms with Gasteiger partial charge in [0, 0.05) is 24.6 Å². The lowest BCUT2D eigenvalue weighted by Crippen LogP contribution is -2.27. The van der Waals surface area contributed by atoms with Crippen molar-refractivity contribution in [1.29, 1.82) is 0 Å². The zero-order valence-corrected chi connectivity index (χ0v) is 13.7. The molecule has 0 radical (unpaired) electrons. The summed E-state index contributed by atoms with van der Waals surface area (Å²) in [7, 11) is 0. The standard InChI is InChI=1S/C19H21N3O2/c1-2-13-3-5-15(6-4-13)22-19(24)17-11-16(17)18(23)21-12-14-7-9-20-10-8-14/h3-10,16-17H,2,11-12H2,1H3,(H,21,23)(H,22,24). The maximum atomic E-state index is 12.2. The van der Waals surface area contributed by atoms with Crippen molar-refractivity contribution >= 4 is 17.5 Å². The number of nitrogens with zero attached hydrogens (tertiary/aromatic N) is 1. The number of aromatic nitrogens is 1. The molecule has 5 nitrogen and oxygen atoms in total. The van der Waals surface area contributed by atoms with Gasteiger partial charge in [-0.15, -0.1) is 0 Å². The van der Waals surface area contributed by atoms with Crippen molar-refractivity contribution in [2.45, 2.75) is 26.3 Å². The molecule has 5 heteroatoms. The minimum Gasteiger partial charge on any atom is -0.352 e. The Hall–Kier alpha value is -2.69. The van der Waals surface area contributed by atoms with E-state index in [1.165, 1.54) is 5.56 Å². The average molecular weight is 323 g/mol. The molecule has 124 valence electrons. The summed E-state index contributed by atoms with van der Waals surface area (Å²) in [6.45, 7) is 2.55. The number of amides is 2. The van der Waals surface area contributed by atoms with Gasteiger partial charge in [-0.2, -0.15) is 0 Å². The van der Waals surface area contributed by atoms with Crippen LogP contribution in [0.2, 0.25) is 0 Å². The summed E-state index contributed by atoms with van der Waals surface area (Å²) in [4.78, 5) is 28.3. The first kappa shape index (κ1) is 16.2. The Labute approximate surface area is 141 Å². The fourth-order valence-electron chi connectivity index (χ4n) is 2.65.